The van der Waals surface area contributed by atoms with Gasteiger partial charge in [0.25, 0.3) is 5.91 Å². The van der Waals surface area contributed by atoms with Crippen LogP contribution < -0.4 is 10.6 Å². The first-order chi connectivity index (χ1) is 8.67. The molecule has 2 N–H and O–H groups in total. The van der Waals surface area contributed by atoms with Gasteiger partial charge >= 0.3 is 0 Å². The highest BCUT2D eigenvalue weighted by atomic mass is 32.2. The van der Waals surface area contributed by atoms with Crippen LogP contribution in [-0.2, 0) is 0 Å². The predicted octanol–water partition coefficient (Wildman–Crippen LogP) is 2.38. The summed E-state index contributed by atoms with van der Waals surface area (Å²) in [5, 5.41) is 6.12. The van der Waals surface area contributed by atoms with Crippen molar-refractivity contribution < 1.29 is 4.79 Å². The van der Waals surface area contributed by atoms with Crippen LogP contribution in [0, 0.1) is 0 Å². The van der Waals surface area contributed by atoms with Crippen molar-refractivity contribution in [3.05, 3.63) is 24.0 Å². The molecule has 0 aliphatic heterocycles. The number of carbonyl (C=O) groups is 1. The van der Waals surface area contributed by atoms with Gasteiger partial charge in [-0.3, -0.25) is 9.78 Å². The maximum Gasteiger partial charge on any atom is 0.270 e. The number of carbonyl (C=O) groups excluding carboxylic acids is 1. The lowest BCUT2D eigenvalue weighted by Gasteiger charge is -2.13. The van der Waals surface area contributed by atoms with Gasteiger partial charge in [0.1, 0.15) is 5.69 Å². The van der Waals surface area contributed by atoms with Crippen molar-refractivity contribution in [2.75, 3.05) is 23.4 Å². The molecule has 1 unspecified atom stereocenters. The number of aromatic nitrogens is 1. The van der Waals surface area contributed by atoms with E-state index in [1.807, 2.05) is 31.7 Å². The van der Waals surface area contributed by atoms with Crippen LogP contribution in [0.5, 0.6) is 0 Å². The fourth-order valence-electron chi connectivity index (χ4n) is 1.50. The molecule has 1 heterocycles. The second kappa shape index (κ2) is 7.97. The molecular weight excluding hydrogens is 246 g/mol. The SMILES string of the molecule is CCNc1ccnc(C(=O)NC(C)CSCC)c1. The lowest BCUT2D eigenvalue weighted by Crippen LogP contribution is -2.34. The van der Waals surface area contributed by atoms with E-state index < -0.39 is 0 Å². The third kappa shape index (κ3) is 4.96. The third-order valence-corrected chi connectivity index (χ3v) is 3.47. The number of thioether (sulfide) groups is 1. The average molecular weight is 267 g/mol. The quantitative estimate of drug-likeness (QED) is 0.796. The third-order valence-electron chi connectivity index (χ3n) is 2.32. The number of pyridine rings is 1. The molecule has 0 fully saturated rings. The summed E-state index contributed by atoms with van der Waals surface area (Å²) in [6.07, 6.45) is 1.65. The van der Waals surface area contributed by atoms with Gasteiger partial charge in [0, 0.05) is 30.2 Å². The van der Waals surface area contributed by atoms with Gasteiger partial charge in [0.2, 0.25) is 0 Å². The maximum atomic E-state index is 12.0. The molecule has 18 heavy (non-hydrogen) atoms. The molecule has 1 amide bonds. The Kier molecular flexibility index (Phi) is 6.57. The highest BCUT2D eigenvalue weighted by Gasteiger charge is 2.11. The van der Waals surface area contributed by atoms with E-state index in [0.29, 0.717) is 5.69 Å². The fourth-order valence-corrected chi connectivity index (χ4v) is 2.18. The minimum Gasteiger partial charge on any atom is -0.385 e. The van der Waals surface area contributed by atoms with Crippen LogP contribution in [0.4, 0.5) is 5.69 Å². The summed E-state index contributed by atoms with van der Waals surface area (Å²) < 4.78 is 0. The Bertz CT molecular complexity index is 384. The molecular formula is C13H21N3OS. The molecule has 1 rings (SSSR count). The second-order valence-electron chi connectivity index (χ2n) is 3.99. The summed E-state index contributed by atoms with van der Waals surface area (Å²) in [6, 6.07) is 3.79. The Morgan fingerprint density at radius 3 is 2.94 bits per heavy atom. The van der Waals surface area contributed by atoms with Gasteiger partial charge < -0.3 is 10.6 Å². The van der Waals surface area contributed by atoms with Gasteiger partial charge in [-0.2, -0.15) is 11.8 Å². The Morgan fingerprint density at radius 2 is 2.28 bits per heavy atom. The summed E-state index contributed by atoms with van der Waals surface area (Å²) >= 11 is 1.82. The second-order valence-corrected chi connectivity index (χ2v) is 5.31. The number of anilines is 1. The van der Waals surface area contributed by atoms with Crippen molar-refractivity contribution in [3.8, 4) is 0 Å². The summed E-state index contributed by atoms with van der Waals surface area (Å²) in [4.78, 5) is 16.1. The molecule has 0 saturated heterocycles. The molecule has 5 heteroatoms. The van der Waals surface area contributed by atoms with E-state index in [-0.39, 0.29) is 11.9 Å². The molecule has 0 aliphatic rings. The molecule has 1 aromatic rings. The van der Waals surface area contributed by atoms with Gasteiger partial charge in [0.05, 0.1) is 0 Å². The number of nitrogens with one attached hydrogen (secondary N) is 2. The molecule has 0 aromatic carbocycles. The topological polar surface area (TPSA) is 54.0 Å². The first-order valence-corrected chi connectivity index (χ1v) is 7.41. The van der Waals surface area contributed by atoms with Crippen LogP contribution >= 0.6 is 11.8 Å². The van der Waals surface area contributed by atoms with Crippen molar-refractivity contribution in [3.63, 3.8) is 0 Å². The number of hydrogen-bond donors (Lipinski definition) is 2. The van der Waals surface area contributed by atoms with Crippen LogP contribution in [0.25, 0.3) is 0 Å². The van der Waals surface area contributed by atoms with E-state index in [9.17, 15) is 4.79 Å². The van der Waals surface area contributed by atoms with Crippen LogP contribution in [-0.4, -0.2) is 35.0 Å². The first-order valence-electron chi connectivity index (χ1n) is 6.25. The van der Waals surface area contributed by atoms with Crippen molar-refractivity contribution >= 4 is 23.4 Å². The normalized spacial score (nSPS) is 11.9. The average Bonchev–Trinajstić information content (AvgIpc) is 2.37. The summed E-state index contributed by atoms with van der Waals surface area (Å²) in [6.45, 7) is 6.97. The predicted molar refractivity (Wildman–Crippen MR) is 78.3 cm³/mol. The summed E-state index contributed by atoms with van der Waals surface area (Å²) in [5.74, 6) is 1.88. The lowest BCUT2D eigenvalue weighted by atomic mass is 10.3. The van der Waals surface area contributed by atoms with Crippen LogP contribution in [0.3, 0.4) is 0 Å². The highest BCUT2D eigenvalue weighted by Crippen LogP contribution is 2.08. The molecule has 100 valence electrons. The van der Waals surface area contributed by atoms with Crippen LogP contribution in [0.1, 0.15) is 31.3 Å². The highest BCUT2D eigenvalue weighted by molar-refractivity contribution is 7.99. The smallest absolute Gasteiger partial charge is 0.270 e. The molecule has 0 radical (unpaired) electrons. The Balaban J connectivity index is 2.57. The zero-order valence-electron chi connectivity index (χ0n) is 11.2. The largest absolute Gasteiger partial charge is 0.385 e. The van der Waals surface area contributed by atoms with Gasteiger partial charge in [-0.25, -0.2) is 0 Å². The lowest BCUT2D eigenvalue weighted by molar-refractivity contribution is 0.0939. The van der Waals surface area contributed by atoms with E-state index >= 15 is 0 Å². The molecule has 0 bridgehead atoms. The molecule has 1 aromatic heterocycles. The number of hydrogen-bond acceptors (Lipinski definition) is 4. The van der Waals surface area contributed by atoms with E-state index in [2.05, 4.69) is 22.5 Å². The van der Waals surface area contributed by atoms with E-state index in [1.165, 1.54) is 0 Å². The minimum absolute atomic E-state index is 0.112. The van der Waals surface area contributed by atoms with Crippen molar-refractivity contribution in [1.29, 1.82) is 0 Å². The van der Waals surface area contributed by atoms with E-state index in [4.69, 9.17) is 0 Å². The number of amides is 1. The van der Waals surface area contributed by atoms with Gasteiger partial charge in [0.15, 0.2) is 0 Å². The Hall–Kier alpha value is -1.23. The Morgan fingerprint density at radius 1 is 1.50 bits per heavy atom. The van der Waals surface area contributed by atoms with Crippen molar-refractivity contribution in [2.45, 2.75) is 26.8 Å². The first kappa shape index (κ1) is 14.8. The molecule has 4 nitrogen and oxygen atoms in total. The van der Waals surface area contributed by atoms with Crippen molar-refractivity contribution in [1.82, 2.24) is 10.3 Å². The fraction of sp³-hybridized carbons (Fsp3) is 0.538. The van der Waals surface area contributed by atoms with E-state index in [1.54, 1.807) is 12.3 Å². The zero-order valence-corrected chi connectivity index (χ0v) is 12.0. The van der Waals surface area contributed by atoms with Crippen LogP contribution in [0.2, 0.25) is 0 Å². The van der Waals surface area contributed by atoms with Gasteiger partial charge in [-0.05, 0) is 31.7 Å². The molecule has 0 aliphatic carbocycles. The maximum absolute atomic E-state index is 12.0. The zero-order chi connectivity index (χ0) is 13.4. The van der Waals surface area contributed by atoms with Gasteiger partial charge in [-0.15, -0.1) is 0 Å². The van der Waals surface area contributed by atoms with Gasteiger partial charge in [-0.1, -0.05) is 6.92 Å². The molecule has 1 atom stereocenters. The van der Waals surface area contributed by atoms with Crippen LogP contribution in [0.15, 0.2) is 18.3 Å². The summed E-state index contributed by atoms with van der Waals surface area (Å²) in [5.41, 5.74) is 1.38. The Labute approximate surface area is 113 Å². The van der Waals surface area contributed by atoms with Crippen molar-refractivity contribution in [2.24, 2.45) is 0 Å². The number of rotatable bonds is 7. The number of nitrogens with zero attached hydrogens (tertiary/aromatic N) is 1. The molecule has 0 spiro atoms. The minimum atomic E-state index is -0.112. The monoisotopic (exact) mass is 267 g/mol. The van der Waals surface area contributed by atoms with E-state index in [0.717, 1.165) is 23.7 Å². The molecule has 0 saturated carbocycles. The summed E-state index contributed by atoms with van der Waals surface area (Å²) in [7, 11) is 0. The standard InChI is InChI=1S/C13H21N3OS/c1-4-14-11-6-7-15-12(8-11)13(17)16-10(3)9-18-5-2/h6-8,10H,4-5,9H2,1-3H3,(H,14,15)(H,16,17).